The Morgan fingerprint density at radius 1 is 1.00 bits per heavy atom. The van der Waals surface area contributed by atoms with Gasteiger partial charge in [0, 0.05) is 5.56 Å². The summed E-state index contributed by atoms with van der Waals surface area (Å²) in [7, 11) is 0. The number of esters is 1. The van der Waals surface area contributed by atoms with Crippen LogP contribution in [0.4, 0.5) is 5.69 Å². The smallest absolute Gasteiger partial charge is 0.309 e. The molecule has 5 heteroatoms. The molecule has 2 aromatic rings. The van der Waals surface area contributed by atoms with Crippen molar-refractivity contribution in [1.29, 1.82) is 0 Å². The van der Waals surface area contributed by atoms with Crippen molar-refractivity contribution in [2.75, 3.05) is 11.9 Å². The lowest BCUT2D eigenvalue weighted by Crippen LogP contribution is -2.28. The fourth-order valence-corrected chi connectivity index (χ4v) is 2.35. The first-order valence-electron chi connectivity index (χ1n) is 8.84. The molecule has 0 unspecified atom stereocenters. The molecule has 0 bridgehead atoms. The van der Waals surface area contributed by atoms with Crippen LogP contribution in [0.1, 0.15) is 38.9 Å². The lowest BCUT2D eigenvalue weighted by Gasteiger charge is -2.20. The average molecular weight is 355 g/mol. The molecule has 1 amide bonds. The van der Waals surface area contributed by atoms with Gasteiger partial charge in [0.1, 0.15) is 5.75 Å². The van der Waals surface area contributed by atoms with Crippen molar-refractivity contribution >= 4 is 17.6 Å². The molecule has 0 aliphatic rings. The Morgan fingerprint density at radius 2 is 1.65 bits per heavy atom. The monoisotopic (exact) mass is 355 g/mol. The molecule has 2 aromatic carbocycles. The van der Waals surface area contributed by atoms with Crippen LogP contribution in [0, 0.1) is 5.92 Å². The van der Waals surface area contributed by atoms with E-state index in [2.05, 4.69) is 5.32 Å². The van der Waals surface area contributed by atoms with Crippen molar-refractivity contribution in [1.82, 2.24) is 0 Å². The van der Waals surface area contributed by atoms with E-state index in [4.69, 9.17) is 9.47 Å². The summed E-state index contributed by atoms with van der Waals surface area (Å²) in [4.78, 5) is 25.1. The van der Waals surface area contributed by atoms with Gasteiger partial charge in [-0.2, -0.15) is 0 Å². The summed E-state index contributed by atoms with van der Waals surface area (Å²) >= 11 is 0. The number of rotatable bonds is 8. The van der Waals surface area contributed by atoms with Gasteiger partial charge >= 0.3 is 5.97 Å². The largest absolute Gasteiger partial charge is 0.492 e. The first kappa shape index (κ1) is 19.5. The maximum Gasteiger partial charge on any atom is 0.309 e. The van der Waals surface area contributed by atoms with Gasteiger partial charge in [-0.3, -0.25) is 9.59 Å². The summed E-state index contributed by atoms with van der Waals surface area (Å²) in [6.45, 7) is 6.05. The Kier molecular flexibility index (Phi) is 7.21. The first-order chi connectivity index (χ1) is 12.6. The molecule has 2 rings (SSSR count). The molecule has 138 valence electrons. The summed E-state index contributed by atoms with van der Waals surface area (Å²) in [5, 5.41) is 2.82. The molecule has 0 aliphatic heterocycles. The van der Waals surface area contributed by atoms with Crippen LogP contribution in [-0.2, 0) is 14.3 Å². The van der Waals surface area contributed by atoms with Crippen LogP contribution >= 0.6 is 0 Å². The number of para-hydroxylation sites is 2. The number of hydrogen-bond donors (Lipinski definition) is 1. The molecule has 0 aromatic heterocycles. The Hall–Kier alpha value is -2.82. The van der Waals surface area contributed by atoms with E-state index >= 15 is 0 Å². The fraction of sp³-hybridized carbons (Fsp3) is 0.333. The predicted molar refractivity (Wildman–Crippen MR) is 101 cm³/mol. The van der Waals surface area contributed by atoms with Crippen molar-refractivity contribution < 1.29 is 19.1 Å². The average Bonchev–Trinajstić information content (AvgIpc) is 2.67. The second-order valence-corrected chi connectivity index (χ2v) is 5.96. The minimum absolute atomic E-state index is 0.273. The van der Waals surface area contributed by atoms with Gasteiger partial charge in [-0.1, -0.05) is 56.3 Å². The van der Waals surface area contributed by atoms with Crippen molar-refractivity contribution in [2.24, 2.45) is 5.92 Å². The molecule has 26 heavy (non-hydrogen) atoms. The summed E-state index contributed by atoms with van der Waals surface area (Å²) < 4.78 is 11.1. The third-order valence-electron chi connectivity index (χ3n) is 4.03. The van der Waals surface area contributed by atoms with Crippen molar-refractivity contribution in [3.8, 4) is 5.75 Å². The van der Waals surface area contributed by atoms with Gasteiger partial charge < -0.3 is 14.8 Å². The highest BCUT2D eigenvalue weighted by molar-refractivity contribution is 5.97. The van der Waals surface area contributed by atoms with Crippen LogP contribution in [0.3, 0.4) is 0 Å². The van der Waals surface area contributed by atoms with Crippen LogP contribution < -0.4 is 10.1 Å². The standard InChI is InChI=1S/C21H25NO4/c1-4-15(3)21(24)26-19(16-11-7-6-8-12-16)20(23)22-17-13-9-10-14-18(17)25-5-2/h6-15,19H,4-5H2,1-3H3,(H,22,23)/t15-,19+/m1/s1. The first-order valence-corrected chi connectivity index (χ1v) is 8.84. The number of carbonyl (C=O) groups excluding carboxylic acids is 2. The number of hydrogen-bond acceptors (Lipinski definition) is 4. The van der Waals surface area contributed by atoms with Crippen LogP contribution in [0.25, 0.3) is 0 Å². The molecule has 1 N–H and O–H groups in total. The minimum atomic E-state index is -1.02. The van der Waals surface area contributed by atoms with Crippen molar-refractivity contribution in [3.05, 3.63) is 60.2 Å². The number of ether oxygens (including phenoxy) is 2. The van der Waals surface area contributed by atoms with Gasteiger partial charge in [0.05, 0.1) is 18.2 Å². The molecule has 0 radical (unpaired) electrons. The predicted octanol–water partition coefficient (Wildman–Crippen LogP) is 4.35. The van der Waals surface area contributed by atoms with E-state index in [0.29, 0.717) is 30.0 Å². The second kappa shape index (κ2) is 9.61. The second-order valence-electron chi connectivity index (χ2n) is 5.96. The highest BCUT2D eigenvalue weighted by atomic mass is 16.5. The Bertz CT molecular complexity index is 730. The van der Waals surface area contributed by atoms with Crippen LogP contribution in [0.5, 0.6) is 5.75 Å². The molecular weight excluding hydrogens is 330 g/mol. The highest BCUT2D eigenvalue weighted by Crippen LogP contribution is 2.27. The molecule has 0 saturated carbocycles. The number of amides is 1. The summed E-state index contributed by atoms with van der Waals surface area (Å²) in [6.07, 6.45) is -0.373. The minimum Gasteiger partial charge on any atom is -0.492 e. The van der Waals surface area contributed by atoms with E-state index in [1.165, 1.54) is 0 Å². The fourth-order valence-electron chi connectivity index (χ4n) is 2.35. The lowest BCUT2D eigenvalue weighted by atomic mass is 10.1. The number of carbonyl (C=O) groups is 2. The van der Waals surface area contributed by atoms with Crippen molar-refractivity contribution in [3.63, 3.8) is 0 Å². The molecule has 0 heterocycles. The SMILES string of the molecule is CCOc1ccccc1NC(=O)[C@@H](OC(=O)[C@H](C)CC)c1ccccc1. The molecule has 0 aliphatic carbocycles. The third kappa shape index (κ3) is 5.09. The van der Waals surface area contributed by atoms with E-state index in [1.54, 1.807) is 49.4 Å². The van der Waals surface area contributed by atoms with Crippen LogP contribution in [0.15, 0.2) is 54.6 Å². The van der Waals surface area contributed by atoms with Gasteiger partial charge in [0.25, 0.3) is 5.91 Å². The summed E-state index contributed by atoms with van der Waals surface area (Å²) in [5.74, 6) is -0.511. The van der Waals surface area contributed by atoms with Crippen molar-refractivity contribution in [2.45, 2.75) is 33.3 Å². The van der Waals surface area contributed by atoms with Crippen LogP contribution in [0.2, 0.25) is 0 Å². The van der Waals surface area contributed by atoms with Gasteiger partial charge in [-0.05, 0) is 25.5 Å². The zero-order valence-electron chi connectivity index (χ0n) is 15.4. The Balaban J connectivity index is 2.25. The zero-order chi connectivity index (χ0) is 18.9. The number of anilines is 1. The summed E-state index contributed by atoms with van der Waals surface area (Å²) in [5.41, 5.74) is 1.16. The molecule has 5 nitrogen and oxygen atoms in total. The van der Waals surface area contributed by atoms with Crippen LogP contribution in [-0.4, -0.2) is 18.5 Å². The topological polar surface area (TPSA) is 64.6 Å². The number of nitrogens with one attached hydrogen (secondary N) is 1. The quantitative estimate of drug-likeness (QED) is 0.715. The lowest BCUT2D eigenvalue weighted by molar-refractivity contribution is -0.158. The maximum absolute atomic E-state index is 12.9. The number of benzene rings is 2. The molecule has 0 fully saturated rings. The molecular formula is C21H25NO4. The zero-order valence-corrected chi connectivity index (χ0v) is 15.4. The Labute approximate surface area is 154 Å². The van der Waals surface area contributed by atoms with E-state index in [9.17, 15) is 9.59 Å². The highest BCUT2D eigenvalue weighted by Gasteiger charge is 2.27. The Morgan fingerprint density at radius 3 is 2.31 bits per heavy atom. The van der Waals surface area contributed by atoms with Gasteiger partial charge in [-0.15, -0.1) is 0 Å². The molecule has 2 atom stereocenters. The third-order valence-corrected chi connectivity index (χ3v) is 4.03. The van der Waals surface area contributed by atoms with E-state index in [1.807, 2.05) is 26.0 Å². The van der Waals surface area contributed by atoms with E-state index in [0.717, 1.165) is 0 Å². The normalized spacial score (nSPS) is 12.7. The van der Waals surface area contributed by atoms with Gasteiger partial charge in [0.15, 0.2) is 0 Å². The van der Waals surface area contributed by atoms with E-state index in [-0.39, 0.29) is 5.92 Å². The molecule has 0 saturated heterocycles. The molecule has 0 spiro atoms. The summed E-state index contributed by atoms with van der Waals surface area (Å²) in [6, 6.07) is 16.2. The maximum atomic E-state index is 12.9. The van der Waals surface area contributed by atoms with Gasteiger partial charge in [0.2, 0.25) is 6.10 Å². The van der Waals surface area contributed by atoms with E-state index < -0.39 is 18.0 Å². The van der Waals surface area contributed by atoms with Gasteiger partial charge in [-0.25, -0.2) is 0 Å².